The van der Waals surface area contributed by atoms with E-state index in [0.717, 1.165) is 23.4 Å². The fourth-order valence-corrected chi connectivity index (χ4v) is 3.06. The van der Waals surface area contributed by atoms with E-state index in [4.69, 9.17) is 16.3 Å². The van der Waals surface area contributed by atoms with Crippen molar-refractivity contribution in [2.45, 2.75) is 6.04 Å². The zero-order valence-corrected chi connectivity index (χ0v) is 16.6. The highest BCUT2D eigenvalue weighted by Gasteiger charge is 2.32. The number of nitrogens with one attached hydrogen (secondary N) is 1. The first kappa shape index (κ1) is 20.5. The number of aromatic nitrogens is 4. The molecule has 1 N–H and O–H groups in total. The van der Waals surface area contributed by atoms with Gasteiger partial charge in [0.25, 0.3) is 11.8 Å². The topological polar surface area (TPSA) is 110 Å². The molecule has 3 aromatic heterocycles. The van der Waals surface area contributed by atoms with Crippen LogP contribution in [0.15, 0.2) is 36.8 Å². The van der Waals surface area contributed by atoms with Crippen LogP contribution in [0.5, 0.6) is 5.75 Å². The van der Waals surface area contributed by atoms with Crippen LogP contribution < -0.4 is 15.0 Å². The zero-order valence-electron chi connectivity index (χ0n) is 15.8. The van der Waals surface area contributed by atoms with Crippen LogP contribution in [0.25, 0.3) is 11.4 Å². The van der Waals surface area contributed by atoms with E-state index in [9.17, 15) is 18.4 Å². The summed E-state index contributed by atoms with van der Waals surface area (Å²) in [4.78, 5) is 42.1. The molecule has 31 heavy (non-hydrogen) atoms. The van der Waals surface area contributed by atoms with Gasteiger partial charge in [0.2, 0.25) is 5.82 Å². The Balaban J connectivity index is 1.58. The van der Waals surface area contributed by atoms with E-state index in [1.165, 1.54) is 25.4 Å². The average Bonchev–Trinajstić information content (AvgIpc) is 2.86. The lowest BCUT2D eigenvalue weighted by Crippen LogP contribution is -2.49. The SMILES string of the molecule is CN1C(=O)C(NC(=O)c2ncc(Cl)c(-c3ncccc3F)n2)COc2cc(F)cnc21. The van der Waals surface area contributed by atoms with Crippen molar-refractivity contribution < 1.29 is 23.1 Å². The number of carbonyl (C=O) groups is 2. The van der Waals surface area contributed by atoms with Crippen molar-refractivity contribution in [2.24, 2.45) is 0 Å². The first-order valence-corrected chi connectivity index (χ1v) is 9.23. The largest absolute Gasteiger partial charge is 0.487 e. The second kappa shape index (κ2) is 8.19. The number of anilines is 1. The summed E-state index contributed by atoms with van der Waals surface area (Å²) in [6.07, 6.45) is 3.43. The molecule has 4 heterocycles. The van der Waals surface area contributed by atoms with Gasteiger partial charge in [-0.3, -0.25) is 19.5 Å². The highest BCUT2D eigenvalue weighted by Crippen LogP contribution is 2.29. The fourth-order valence-electron chi connectivity index (χ4n) is 2.88. The Kier molecular flexibility index (Phi) is 5.42. The highest BCUT2D eigenvalue weighted by atomic mass is 35.5. The van der Waals surface area contributed by atoms with Crippen LogP contribution in [-0.4, -0.2) is 51.4 Å². The van der Waals surface area contributed by atoms with Gasteiger partial charge in [-0.1, -0.05) is 11.6 Å². The number of hydrogen-bond acceptors (Lipinski definition) is 7. The number of amides is 2. The molecule has 0 radical (unpaired) electrons. The summed E-state index contributed by atoms with van der Waals surface area (Å²) in [6.45, 7) is -0.275. The van der Waals surface area contributed by atoms with E-state index in [2.05, 4.69) is 25.3 Å². The molecular formula is C19H13ClF2N6O3. The monoisotopic (exact) mass is 446 g/mol. The van der Waals surface area contributed by atoms with E-state index >= 15 is 0 Å². The molecule has 158 valence electrons. The van der Waals surface area contributed by atoms with Gasteiger partial charge in [-0.2, -0.15) is 0 Å². The number of rotatable bonds is 3. The summed E-state index contributed by atoms with van der Waals surface area (Å²) in [5.74, 6) is -2.87. The van der Waals surface area contributed by atoms with E-state index in [1.54, 1.807) is 0 Å². The van der Waals surface area contributed by atoms with E-state index in [-0.39, 0.29) is 40.4 Å². The maximum atomic E-state index is 14.1. The second-order valence-corrected chi connectivity index (χ2v) is 6.84. The number of likely N-dealkylation sites (N-methyl/N-ethyl adjacent to an activating group) is 1. The number of pyridine rings is 2. The van der Waals surface area contributed by atoms with Crippen LogP contribution in [0.4, 0.5) is 14.6 Å². The molecule has 12 heteroatoms. The molecule has 0 bridgehead atoms. The van der Waals surface area contributed by atoms with Gasteiger partial charge >= 0.3 is 0 Å². The second-order valence-electron chi connectivity index (χ2n) is 6.43. The van der Waals surface area contributed by atoms with Crippen molar-refractivity contribution in [1.82, 2.24) is 25.3 Å². The van der Waals surface area contributed by atoms with Gasteiger partial charge in [0.1, 0.15) is 29.9 Å². The van der Waals surface area contributed by atoms with E-state index in [1.807, 2.05) is 0 Å². The Morgan fingerprint density at radius 1 is 1.26 bits per heavy atom. The van der Waals surface area contributed by atoms with Crippen molar-refractivity contribution in [2.75, 3.05) is 18.6 Å². The van der Waals surface area contributed by atoms with Crippen LogP contribution in [0.1, 0.15) is 10.6 Å². The van der Waals surface area contributed by atoms with Gasteiger partial charge in [-0.25, -0.2) is 23.7 Å². The third-order valence-corrected chi connectivity index (χ3v) is 4.66. The number of hydrogen-bond donors (Lipinski definition) is 1. The summed E-state index contributed by atoms with van der Waals surface area (Å²) < 4.78 is 33.0. The molecule has 0 saturated carbocycles. The molecule has 4 rings (SSSR count). The molecule has 1 atom stereocenters. The Labute approximate surface area is 179 Å². The Morgan fingerprint density at radius 2 is 2.06 bits per heavy atom. The number of fused-ring (bicyclic) bond motifs is 1. The quantitative estimate of drug-likeness (QED) is 0.655. The molecule has 1 unspecified atom stereocenters. The van der Waals surface area contributed by atoms with Crippen molar-refractivity contribution in [1.29, 1.82) is 0 Å². The smallest absolute Gasteiger partial charge is 0.289 e. The maximum Gasteiger partial charge on any atom is 0.289 e. The molecule has 0 spiro atoms. The van der Waals surface area contributed by atoms with Gasteiger partial charge in [0.05, 0.1) is 17.4 Å². The molecule has 1 aliphatic heterocycles. The lowest BCUT2D eigenvalue weighted by molar-refractivity contribution is -0.120. The van der Waals surface area contributed by atoms with Gasteiger partial charge in [-0.15, -0.1) is 0 Å². The average molecular weight is 447 g/mol. The predicted molar refractivity (Wildman–Crippen MR) is 105 cm³/mol. The van der Waals surface area contributed by atoms with Crippen LogP contribution >= 0.6 is 11.6 Å². The molecule has 2 amide bonds. The number of nitrogens with zero attached hydrogens (tertiary/aromatic N) is 5. The molecule has 0 aromatic carbocycles. The van der Waals surface area contributed by atoms with Crippen LogP contribution in [-0.2, 0) is 4.79 Å². The number of ether oxygens (including phenoxy) is 1. The first-order chi connectivity index (χ1) is 14.8. The lowest BCUT2D eigenvalue weighted by Gasteiger charge is -2.19. The standard InChI is InChI=1S/C19H13ClF2N6O3/c1-28-17-13(5-9(21)6-25-17)31-8-12(19(28)30)26-18(29)16-24-7-10(20)14(27-16)15-11(22)3-2-4-23-15/h2-7,12H,8H2,1H3,(H,26,29). The molecular weight excluding hydrogens is 434 g/mol. The van der Waals surface area contributed by atoms with E-state index in [0.29, 0.717) is 0 Å². The van der Waals surface area contributed by atoms with Crippen molar-refractivity contribution in [3.05, 3.63) is 59.3 Å². The van der Waals surface area contributed by atoms with Crippen molar-refractivity contribution in [3.63, 3.8) is 0 Å². The molecule has 0 aliphatic carbocycles. The Morgan fingerprint density at radius 3 is 2.84 bits per heavy atom. The van der Waals surface area contributed by atoms with Gasteiger partial charge in [0, 0.05) is 19.3 Å². The molecule has 0 saturated heterocycles. The number of carbonyl (C=O) groups excluding carboxylic acids is 2. The summed E-state index contributed by atoms with van der Waals surface area (Å²) in [7, 11) is 1.42. The minimum atomic E-state index is -1.14. The van der Waals surface area contributed by atoms with Crippen molar-refractivity contribution in [3.8, 4) is 17.1 Å². The highest BCUT2D eigenvalue weighted by molar-refractivity contribution is 6.32. The van der Waals surface area contributed by atoms with Gasteiger partial charge < -0.3 is 10.1 Å². The first-order valence-electron chi connectivity index (χ1n) is 8.85. The van der Waals surface area contributed by atoms with E-state index < -0.39 is 29.5 Å². The summed E-state index contributed by atoms with van der Waals surface area (Å²) in [5, 5.41) is 2.45. The van der Waals surface area contributed by atoms with Crippen molar-refractivity contribution >= 4 is 29.2 Å². The Hall–Kier alpha value is -3.73. The van der Waals surface area contributed by atoms with Gasteiger partial charge in [0.15, 0.2) is 17.4 Å². The number of halogens is 3. The minimum Gasteiger partial charge on any atom is -0.487 e. The summed E-state index contributed by atoms with van der Waals surface area (Å²) >= 11 is 6.05. The normalized spacial score (nSPS) is 15.7. The zero-order chi connectivity index (χ0) is 22.1. The third-order valence-electron chi connectivity index (χ3n) is 4.39. The molecule has 3 aromatic rings. The maximum absolute atomic E-state index is 14.1. The minimum absolute atomic E-state index is 0.00805. The molecule has 1 aliphatic rings. The Bertz CT molecular complexity index is 1200. The molecule has 9 nitrogen and oxygen atoms in total. The summed E-state index contributed by atoms with van der Waals surface area (Å²) in [5.41, 5.74) is -0.228. The van der Waals surface area contributed by atoms with Crippen LogP contribution in [0, 0.1) is 11.6 Å². The summed E-state index contributed by atoms with van der Waals surface area (Å²) in [6, 6.07) is 2.52. The lowest BCUT2D eigenvalue weighted by atomic mass is 10.2. The third kappa shape index (κ3) is 3.99. The van der Waals surface area contributed by atoms with Crippen LogP contribution in [0.3, 0.4) is 0 Å². The van der Waals surface area contributed by atoms with Gasteiger partial charge in [-0.05, 0) is 12.1 Å². The fraction of sp³-hybridized carbons (Fsp3) is 0.158. The predicted octanol–water partition coefficient (Wildman–Crippen LogP) is 2.02. The van der Waals surface area contributed by atoms with Crippen LogP contribution in [0.2, 0.25) is 5.02 Å². The molecule has 0 fully saturated rings.